The molecule has 0 radical (unpaired) electrons. The van der Waals surface area contributed by atoms with E-state index in [0.29, 0.717) is 36.6 Å². The number of rotatable bonds is 8. The standard InChI is InChI=1S/C25H25N3O6.C2H6/c1-2-26-21(14-28-24(31)17-8-3-4-9-18(17)25(28)32)27(13-16-7-6-12-33-16)19-10-5-11-20(23(19)26)34-15-22(29)30;1-2/h3-5,8-11,16H,2,6-7,12-15H2,1H3;1-2H3/p+1. The van der Waals surface area contributed by atoms with Crippen LogP contribution in [0.15, 0.2) is 42.5 Å². The molecule has 3 heterocycles. The van der Waals surface area contributed by atoms with Gasteiger partial charge in [-0.15, -0.1) is 0 Å². The predicted octanol–water partition coefficient (Wildman–Crippen LogP) is 3.41. The Morgan fingerprint density at radius 2 is 1.81 bits per heavy atom. The van der Waals surface area contributed by atoms with Crippen molar-refractivity contribution < 1.29 is 33.5 Å². The smallest absolute Gasteiger partial charge is 0.341 e. The molecule has 0 bridgehead atoms. The van der Waals surface area contributed by atoms with E-state index >= 15 is 0 Å². The van der Waals surface area contributed by atoms with Gasteiger partial charge in [0.05, 0.1) is 23.8 Å². The average Bonchev–Trinajstić information content (AvgIpc) is 3.58. The molecule has 2 aromatic carbocycles. The number of aryl methyl sites for hydroxylation is 1. The molecule has 0 spiro atoms. The number of imide groups is 1. The first kappa shape index (κ1) is 25.4. The number of benzene rings is 2. The molecule has 0 aliphatic carbocycles. The summed E-state index contributed by atoms with van der Waals surface area (Å²) in [7, 11) is 0. The van der Waals surface area contributed by atoms with Crippen LogP contribution in [0.1, 0.15) is 60.2 Å². The Bertz CT molecular complexity index is 1260. The van der Waals surface area contributed by atoms with Gasteiger partial charge in [0.25, 0.3) is 17.6 Å². The molecule has 3 aromatic rings. The molecule has 1 saturated heterocycles. The number of imidazole rings is 1. The van der Waals surface area contributed by atoms with E-state index in [1.165, 1.54) is 4.90 Å². The van der Waals surface area contributed by atoms with E-state index in [2.05, 4.69) is 4.57 Å². The van der Waals surface area contributed by atoms with Crippen molar-refractivity contribution in [2.24, 2.45) is 0 Å². The molecule has 2 aliphatic heterocycles. The highest BCUT2D eigenvalue weighted by Crippen LogP contribution is 2.29. The first-order chi connectivity index (χ1) is 17.5. The van der Waals surface area contributed by atoms with Gasteiger partial charge in [0.2, 0.25) is 5.52 Å². The molecule has 9 nitrogen and oxygen atoms in total. The van der Waals surface area contributed by atoms with Crippen LogP contribution in [-0.2, 0) is 29.2 Å². The Morgan fingerprint density at radius 1 is 1.11 bits per heavy atom. The van der Waals surface area contributed by atoms with E-state index in [1.807, 2.05) is 37.5 Å². The molecule has 5 rings (SSSR count). The summed E-state index contributed by atoms with van der Waals surface area (Å²) in [6.45, 7) is 7.40. The summed E-state index contributed by atoms with van der Waals surface area (Å²) in [4.78, 5) is 38.6. The number of para-hydroxylation sites is 1. The minimum Gasteiger partial charge on any atom is -0.479 e. The molecule has 2 amide bonds. The van der Waals surface area contributed by atoms with E-state index in [-0.39, 0.29) is 24.5 Å². The molecule has 1 N–H and O–H groups in total. The SMILES string of the molecule is CC.CC[n+]1c(CN2C(=O)c3ccccc3C2=O)n(CC2CCCO2)c2cccc(OCC(=O)O)c21. The van der Waals surface area contributed by atoms with E-state index < -0.39 is 12.6 Å². The van der Waals surface area contributed by atoms with Crippen molar-refractivity contribution >= 4 is 28.8 Å². The quantitative estimate of drug-likeness (QED) is 0.380. The lowest BCUT2D eigenvalue weighted by molar-refractivity contribution is -0.677. The number of hydrogen-bond acceptors (Lipinski definition) is 5. The van der Waals surface area contributed by atoms with E-state index in [4.69, 9.17) is 14.6 Å². The number of carbonyl (C=O) groups is 3. The summed E-state index contributed by atoms with van der Waals surface area (Å²) in [5.41, 5.74) is 2.38. The van der Waals surface area contributed by atoms with Gasteiger partial charge in [0, 0.05) is 6.61 Å². The lowest BCUT2D eigenvalue weighted by Gasteiger charge is -2.14. The zero-order chi connectivity index (χ0) is 25.8. The van der Waals surface area contributed by atoms with Crippen molar-refractivity contribution in [3.05, 3.63) is 59.4 Å². The molecule has 9 heteroatoms. The molecule has 0 saturated carbocycles. The highest BCUT2D eigenvalue weighted by Gasteiger charge is 2.39. The number of fused-ring (bicyclic) bond motifs is 2. The summed E-state index contributed by atoms with van der Waals surface area (Å²) in [6.07, 6.45) is 1.93. The molecule has 1 unspecified atom stereocenters. The lowest BCUT2D eigenvalue weighted by atomic mass is 10.1. The molecule has 190 valence electrons. The Morgan fingerprint density at radius 3 is 2.39 bits per heavy atom. The first-order valence-electron chi connectivity index (χ1n) is 12.4. The zero-order valence-electron chi connectivity index (χ0n) is 20.9. The van der Waals surface area contributed by atoms with Gasteiger partial charge in [-0.25, -0.2) is 13.9 Å². The van der Waals surface area contributed by atoms with Crippen molar-refractivity contribution in [3.63, 3.8) is 0 Å². The van der Waals surface area contributed by atoms with Gasteiger partial charge in [-0.1, -0.05) is 32.0 Å². The van der Waals surface area contributed by atoms with Crippen LogP contribution >= 0.6 is 0 Å². The third kappa shape index (κ3) is 4.58. The summed E-state index contributed by atoms with van der Waals surface area (Å²) >= 11 is 0. The fraction of sp³-hybridized carbons (Fsp3) is 0.407. The first-order valence-corrected chi connectivity index (χ1v) is 12.4. The Kier molecular flexibility index (Phi) is 7.69. The number of aromatic nitrogens is 2. The summed E-state index contributed by atoms with van der Waals surface area (Å²) < 4.78 is 15.6. The fourth-order valence-corrected chi connectivity index (χ4v) is 4.90. The summed E-state index contributed by atoms with van der Waals surface area (Å²) in [6, 6.07) is 12.3. The van der Waals surface area contributed by atoms with Crippen molar-refractivity contribution in [3.8, 4) is 5.75 Å². The van der Waals surface area contributed by atoms with Crippen LogP contribution in [0.4, 0.5) is 0 Å². The molecule has 1 aromatic heterocycles. The van der Waals surface area contributed by atoms with Crippen LogP contribution in [0.2, 0.25) is 0 Å². The predicted molar refractivity (Wildman–Crippen MR) is 132 cm³/mol. The molecule has 1 fully saturated rings. The van der Waals surface area contributed by atoms with Gasteiger partial charge in [-0.05, 0) is 44.0 Å². The van der Waals surface area contributed by atoms with Gasteiger partial charge in [-0.2, -0.15) is 0 Å². The maximum atomic E-state index is 13.1. The molecular formula is C27H32N3O6+. The largest absolute Gasteiger partial charge is 0.479 e. The maximum absolute atomic E-state index is 13.1. The van der Waals surface area contributed by atoms with Gasteiger partial charge in [0.1, 0.15) is 13.1 Å². The topological polar surface area (TPSA) is 102 Å². The van der Waals surface area contributed by atoms with Crippen LogP contribution in [0.3, 0.4) is 0 Å². The van der Waals surface area contributed by atoms with E-state index in [0.717, 1.165) is 29.7 Å². The lowest BCUT2D eigenvalue weighted by Crippen LogP contribution is -2.42. The van der Waals surface area contributed by atoms with Crippen LogP contribution in [0.5, 0.6) is 5.75 Å². The number of carboxylic acid groups (broad SMARTS) is 1. The number of carboxylic acids is 1. The number of carbonyl (C=O) groups excluding carboxylic acids is 2. The Labute approximate surface area is 209 Å². The summed E-state index contributed by atoms with van der Waals surface area (Å²) in [5.74, 6) is -0.505. The third-order valence-corrected chi connectivity index (χ3v) is 6.42. The van der Waals surface area contributed by atoms with Crippen LogP contribution in [0.25, 0.3) is 11.0 Å². The second-order valence-electron chi connectivity index (χ2n) is 8.45. The monoisotopic (exact) mass is 494 g/mol. The van der Waals surface area contributed by atoms with Gasteiger partial charge >= 0.3 is 5.97 Å². The average molecular weight is 495 g/mol. The number of nitrogens with zero attached hydrogens (tertiary/aromatic N) is 3. The second kappa shape index (κ2) is 10.9. The third-order valence-electron chi connectivity index (χ3n) is 6.42. The molecule has 2 aliphatic rings. The van der Waals surface area contributed by atoms with Crippen molar-refractivity contribution in [1.82, 2.24) is 9.47 Å². The van der Waals surface area contributed by atoms with Crippen LogP contribution < -0.4 is 9.30 Å². The van der Waals surface area contributed by atoms with Crippen LogP contribution in [-0.4, -0.2) is 51.7 Å². The Hall–Kier alpha value is -3.72. The number of hydrogen-bond donors (Lipinski definition) is 1. The van der Waals surface area contributed by atoms with Gasteiger partial charge in [-0.3, -0.25) is 14.5 Å². The number of amides is 2. The molecule has 36 heavy (non-hydrogen) atoms. The highest BCUT2D eigenvalue weighted by atomic mass is 16.5. The minimum atomic E-state index is -1.06. The van der Waals surface area contributed by atoms with Crippen molar-refractivity contribution in [1.29, 1.82) is 0 Å². The fourth-order valence-electron chi connectivity index (χ4n) is 4.90. The molecule has 1 atom stereocenters. The van der Waals surface area contributed by atoms with Crippen LogP contribution in [0, 0.1) is 0 Å². The van der Waals surface area contributed by atoms with Gasteiger partial charge in [0.15, 0.2) is 17.9 Å². The van der Waals surface area contributed by atoms with Crippen molar-refractivity contribution in [2.75, 3.05) is 13.2 Å². The van der Waals surface area contributed by atoms with E-state index in [1.54, 1.807) is 30.3 Å². The van der Waals surface area contributed by atoms with Gasteiger partial charge < -0.3 is 14.6 Å². The normalized spacial score (nSPS) is 16.8. The number of ether oxygens (including phenoxy) is 2. The van der Waals surface area contributed by atoms with E-state index in [9.17, 15) is 14.4 Å². The second-order valence-corrected chi connectivity index (χ2v) is 8.45. The zero-order valence-corrected chi connectivity index (χ0v) is 20.9. The highest BCUT2D eigenvalue weighted by molar-refractivity contribution is 6.21. The minimum absolute atomic E-state index is 0.0189. The maximum Gasteiger partial charge on any atom is 0.341 e. The molecular weight excluding hydrogens is 462 g/mol. The Balaban J connectivity index is 0.00000148. The van der Waals surface area contributed by atoms with Crippen molar-refractivity contribution in [2.45, 2.75) is 59.4 Å². The summed E-state index contributed by atoms with van der Waals surface area (Å²) in [5, 5.41) is 9.12. The number of aliphatic carboxylic acids is 1.